The predicted octanol–water partition coefficient (Wildman–Crippen LogP) is 2.25. The van der Waals surface area contributed by atoms with E-state index in [1.165, 1.54) is 0 Å². The molecule has 1 aliphatic heterocycles. The summed E-state index contributed by atoms with van der Waals surface area (Å²) in [6.07, 6.45) is 2.03. The van der Waals surface area contributed by atoms with E-state index in [-0.39, 0.29) is 18.2 Å². The van der Waals surface area contributed by atoms with Crippen molar-refractivity contribution in [3.8, 4) is 0 Å². The average molecular weight is 275 g/mol. The number of carbonyl (C=O) groups is 2. The van der Waals surface area contributed by atoms with Gasteiger partial charge >= 0.3 is 5.97 Å². The van der Waals surface area contributed by atoms with Gasteiger partial charge in [0, 0.05) is 6.54 Å². The van der Waals surface area contributed by atoms with Gasteiger partial charge in [-0.25, -0.2) is 4.79 Å². The van der Waals surface area contributed by atoms with Crippen LogP contribution in [0.5, 0.6) is 0 Å². The third kappa shape index (κ3) is 3.00. The maximum atomic E-state index is 12.4. The predicted molar refractivity (Wildman–Crippen MR) is 76.4 cm³/mol. The highest BCUT2D eigenvalue weighted by Crippen LogP contribution is 2.24. The van der Waals surface area contributed by atoms with Gasteiger partial charge in [0.05, 0.1) is 6.42 Å². The van der Waals surface area contributed by atoms with E-state index in [0.717, 1.165) is 24.0 Å². The van der Waals surface area contributed by atoms with E-state index in [1.54, 1.807) is 4.90 Å². The van der Waals surface area contributed by atoms with Crippen LogP contribution in [-0.4, -0.2) is 34.5 Å². The molecule has 1 N–H and O–H groups in total. The Labute approximate surface area is 119 Å². The number of nitrogens with zero attached hydrogens (tertiary/aromatic N) is 1. The van der Waals surface area contributed by atoms with Crippen molar-refractivity contribution in [2.45, 2.75) is 39.2 Å². The van der Waals surface area contributed by atoms with Crippen molar-refractivity contribution in [2.75, 3.05) is 6.54 Å². The molecule has 2 atom stereocenters. The molecule has 1 amide bonds. The lowest BCUT2D eigenvalue weighted by atomic mass is 9.90. The van der Waals surface area contributed by atoms with Gasteiger partial charge in [0.1, 0.15) is 6.04 Å². The number of piperidine rings is 1. The smallest absolute Gasteiger partial charge is 0.326 e. The normalized spacial score (nSPS) is 22.6. The molecule has 4 heteroatoms. The number of aryl methyl sites for hydroxylation is 1. The Morgan fingerprint density at radius 2 is 2.05 bits per heavy atom. The Morgan fingerprint density at radius 1 is 1.35 bits per heavy atom. The minimum Gasteiger partial charge on any atom is -0.480 e. The fourth-order valence-corrected chi connectivity index (χ4v) is 2.92. The van der Waals surface area contributed by atoms with Crippen molar-refractivity contribution in [3.05, 3.63) is 35.4 Å². The van der Waals surface area contributed by atoms with Crippen molar-refractivity contribution in [3.63, 3.8) is 0 Å². The Bertz CT molecular complexity index is 512. The quantitative estimate of drug-likeness (QED) is 0.920. The molecular weight excluding hydrogens is 254 g/mol. The standard InChI is InChI=1S/C16H21NO3/c1-11-6-3-4-8-13(11)10-14(18)17-9-5-7-12(2)15(17)16(19)20/h3-4,6,8,12,15H,5,7,9-10H2,1-2H3,(H,19,20). The van der Waals surface area contributed by atoms with E-state index < -0.39 is 12.0 Å². The summed E-state index contributed by atoms with van der Waals surface area (Å²) in [4.78, 5) is 25.4. The van der Waals surface area contributed by atoms with Gasteiger partial charge in [0.25, 0.3) is 0 Å². The SMILES string of the molecule is Cc1ccccc1CC(=O)N1CCCC(C)C1C(=O)O. The molecule has 1 aromatic rings. The molecule has 0 spiro atoms. The zero-order chi connectivity index (χ0) is 14.7. The van der Waals surface area contributed by atoms with E-state index in [2.05, 4.69) is 0 Å². The molecule has 0 aliphatic carbocycles. The molecule has 1 aromatic carbocycles. The zero-order valence-electron chi connectivity index (χ0n) is 12.0. The van der Waals surface area contributed by atoms with Gasteiger partial charge in [-0.2, -0.15) is 0 Å². The summed E-state index contributed by atoms with van der Waals surface area (Å²) in [6.45, 7) is 4.42. The number of rotatable bonds is 3. The highest BCUT2D eigenvalue weighted by atomic mass is 16.4. The summed E-state index contributed by atoms with van der Waals surface area (Å²) in [5.74, 6) is -0.962. The largest absolute Gasteiger partial charge is 0.480 e. The number of amides is 1. The molecule has 2 rings (SSSR count). The molecule has 2 unspecified atom stereocenters. The second-order valence-electron chi connectivity index (χ2n) is 5.59. The van der Waals surface area contributed by atoms with Crippen LogP contribution in [0, 0.1) is 12.8 Å². The third-order valence-corrected chi connectivity index (χ3v) is 4.11. The van der Waals surface area contributed by atoms with Crippen LogP contribution in [0.2, 0.25) is 0 Å². The van der Waals surface area contributed by atoms with Crippen molar-refractivity contribution >= 4 is 11.9 Å². The van der Waals surface area contributed by atoms with Gasteiger partial charge in [-0.05, 0) is 36.8 Å². The van der Waals surface area contributed by atoms with Crippen molar-refractivity contribution < 1.29 is 14.7 Å². The Balaban J connectivity index is 2.15. The molecule has 20 heavy (non-hydrogen) atoms. The molecule has 1 fully saturated rings. The van der Waals surface area contributed by atoms with E-state index in [4.69, 9.17) is 0 Å². The van der Waals surface area contributed by atoms with E-state index in [9.17, 15) is 14.7 Å². The van der Waals surface area contributed by atoms with Gasteiger partial charge in [0.15, 0.2) is 0 Å². The van der Waals surface area contributed by atoms with Crippen molar-refractivity contribution in [1.82, 2.24) is 4.90 Å². The number of aliphatic carboxylic acids is 1. The highest BCUT2D eigenvalue weighted by molar-refractivity contribution is 5.85. The summed E-state index contributed by atoms with van der Waals surface area (Å²) in [7, 11) is 0. The monoisotopic (exact) mass is 275 g/mol. The van der Waals surface area contributed by atoms with Crippen molar-refractivity contribution in [2.24, 2.45) is 5.92 Å². The molecule has 0 aromatic heterocycles. The second-order valence-corrected chi connectivity index (χ2v) is 5.59. The van der Waals surface area contributed by atoms with E-state index in [0.29, 0.717) is 6.54 Å². The molecule has 0 bridgehead atoms. The number of hydrogen-bond acceptors (Lipinski definition) is 2. The maximum Gasteiger partial charge on any atom is 0.326 e. The van der Waals surface area contributed by atoms with Crippen LogP contribution in [-0.2, 0) is 16.0 Å². The highest BCUT2D eigenvalue weighted by Gasteiger charge is 2.36. The van der Waals surface area contributed by atoms with Gasteiger partial charge in [-0.1, -0.05) is 31.2 Å². The topological polar surface area (TPSA) is 57.6 Å². The molecule has 108 valence electrons. The Hall–Kier alpha value is -1.84. The Morgan fingerprint density at radius 3 is 2.70 bits per heavy atom. The van der Waals surface area contributed by atoms with Crippen LogP contribution in [0.15, 0.2) is 24.3 Å². The molecule has 1 aliphatic rings. The van der Waals surface area contributed by atoms with Crippen LogP contribution < -0.4 is 0 Å². The van der Waals surface area contributed by atoms with Gasteiger partial charge < -0.3 is 10.0 Å². The van der Waals surface area contributed by atoms with E-state index >= 15 is 0 Å². The fourth-order valence-electron chi connectivity index (χ4n) is 2.92. The zero-order valence-corrected chi connectivity index (χ0v) is 12.0. The summed E-state index contributed by atoms with van der Waals surface area (Å²) < 4.78 is 0. The van der Waals surface area contributed by atoms with Crippen LogP contribution in [0.1, 0.15) is 30.9 Å². The van der Waals surface area contributed by atoms with Crippen LogP contribution in [0.4, 0.5) is 0 Å². The van der Waals surface area contributed by atoms with Crippen LogP contribution >= 0.6 is 0 Å². The Kier molecular flexibility index (Phi) is 4.42. The lowest BCUT2D eigenvalue weighted by molar-refractivity contribution is -0.154. The number of carboxylic acids is 1. The first-order valence-corrected chi connectivity index (χ1v) is 7.07. The summed E-state index contributed by atoms with van der Waals surface area (Å²) in [6, 6.07) is 7.06. The first-order valence-electron chi connectivity index (χ1n) is 7.07. The fraction of sp³-hybridized carbons (Fsp3) is 0.500. The van der Waals surface area contributed by atoms with Crippen LogP contribution in [0.3, 0.4) is 0 Å². The first-order chi connectivity index (χ1) is 9.50. The summed E-state index contributed by atoms with van der Waals surface area (Å²) in [5, 5.41) is 9.35. The lowest BCUT2D eigenvalue weighted by Gasteiger charge is -2.37. The molecule has 0 radical (unpaired) electrons. The van der Waals surface area contributed by atoms with Crippen molar-refractivity contribution in [1.29, 1.82) is 0 Å². The second kappa shape index (κ2) is 6.07. The number of benzene rings is 1. The van der Waals surface area contributed by atoms with E-state index in [1.807, 2.05) is 38.1 Å². The minimum atomic E-state index is -0.893. The summed E-state index contributed by atoms with van der Waals surface area (Å²) in [5.41, 5.74) is 2.04. The van der Waals surface area contributed by atoms with Gasteiger partial charge in [-0.3, -0.25) is 4.79 Å². The molecular formula is C16H21NO3. The summed E-state index contributed by atoms with van der Waals surface area (Å²) >= 11 is 0. The number of carboxylic acid groups (broad SMARTS) is 1. The molecule has 1 heterocycles. The molecule has 0 saturated carbocycles. The number of carbonyl (C=O) groups excluding carboxylic acids is 1. The minimum absolute atomic E-state index is 0.0158. The average Bonchev–Trinajstić information content (AvgIpc) is 2.40. The number of hydrogen-bond donors (Lipinski definition) is 1. The number of likely N-dealkylation sites (tertiary alicyclic amines) is 1. The van der Waals surface area contributed by atoms with Crippen LogP contribution in [0.25, 0.3) is 0 Å². The molecule has 4 nitrogen and oxygen atoms in total. The third-order valence-electron chi connectivity index (χ3n) is 4.11. The first kappa shape index (κ1) is 14.6. The van der Waals surface area contributed by atoms with Gasteiger partial charge in [0.2, 0.25) is 5.91 Å². The molecule has 1 saturated heterocycles. The van der Waals surface area contributed by atoms with Gasteiger partial charge in [-0.15, -0.1) is 0 Å². The lowest BCUT2D eigenvalue weighted by Crippen LogP contribution is -2.52. The maximum absolute atomic E-state index is 12.4.